The lowest BCUT2D eigenvalue weighted by atomic mass is 10.0. The molecule has 0 fully saturated rings. The van der Waals surface area contributed by atoms with Gasteiger partial charge in [0.15, 0.2) is 0 Å². The van der Waals surface area contributed by atoms with Crippen LogP contribution in [0.3, 0.4) is 0 Å². The summed E-state index contributed by atoms with van der Waals surface area (Å²) in [7, 11) is 1.66. The van der Waals surface area contributed by atoms with E-state index in [1.807, 2.05) is 18.2 Å². The van der Waals surface area contributed by atoms with Gasteiger partial charge in [0.1, 0.15) is 17.3 Å². The molecule has 0 aliphatic carbocycles. The van der Waals surface area contributed by atoms with E-state index in [1.54, 1.807) is 23.9 Å². The highest BCUT2D eigenvalue weighted by Gasteiger charge is 2.24. The van der Waals surface area contributed by atoms with Gasteiger partial charge in [-0.15, -0.1) is 0 Å². The van der Waals surface area contributed by atoms with E-state index in [0.29, 0.717) is 5.69 Å². The van der Waals surface area contributed by atoms with Crippen molar-refractivity contribution in [3.8, 4) is 11.4 Å². The van der Waals surface area contributed by atoms with Crippen LogP contribution in [-0.2, 0) is 19.3 Å². The number of fused-ring (bicyclic) bond motifs is 1. The Kier molecular flexibility index (Phi) is 5.46. The van der Waals surface area contributed by atoms with Crippen LogP contribution < -0.4 is 10.1 Å². The summed E-state index contributed by atoms with van der Waals surface area (Å²) in [6, 6.07) is 14.8. The van der Waals surface area contributed by atoms with E-state index >= 15 is 0 Å². The van der Waals surface area contributed by atoms with Crippen molar-refractivity contribution < 1.29 is 9.66 Å². The molecule has 1 N–H and O–H groups in total. The number of anilines is 1. The minimum Gasteiger partial charge on any atom is -0.497 e. The summed E-state index contributed by atoms with van der Waals surface area (Å²) < 4.78 is 6.95. The molecule has 0 amide bonds. The molecule has 7 heteroatoms. The molecule has 29 heavy (non-hydrogen) atoms. The third-order valence-electron chi connectivity index (χ3n) is 5.33. The molecule has 0 unspecified atom stereocenters. The Balaban J connectivity index is 1.69. The lowest BCUT2D eigenvalue weighted by Crippen LogP contribution is -2.08. The standard InChI is InChI=1S/C22H24N4O3/c1-29-17-12-9-16(10-13-17)11-14-19-18-6-4-5-15-23-22(18)25(24-19)20-7-2-3-8-21(20)26(27)28/h2-3,7-10,12-13,23H,4-6,11,14-15H2,1H3. The van der Waals surface area contributed by atoms with Crippen molar-refractivity contribution in [2.45, 2.75) is 32.1 Å². The highest BCUT2D eigenvalue weighted by molar-refractivity contribution is 5.60. The Morgan fingerprint density at radius 1 is 1.14 bits per heavy atom. The van der Waals surface area contributed by atoms with Crippen molar-refractivity contribution in [3.05, 3.63) is 75.5 Å². The van der Waals surface area contributed by atoms with Crippen molar-refractivity contribution in [1.29, 1.82) is 0 Å². The zero-order chi connectivity index (χ0) is 20.2. The van der Waals surface area contributed by atoms with Crippen molar-refractivity contribution in [3.63, 3.8) is 0 Å². The fourth-order valence-corrected chi connectivity index (χ4v) is 3.80. The minimum absolute atomic E-state index is 0.0607. The van der Waals surface area contributed by atoms with Gasteiger partial charge >= 0.3 is 0 Å². The van der Waals surface area contributed by atoms with Crippen LogP contribution >= 0.6 is 0 Å². The smallest absolute Gasteiger partial charge is 0.294 e. The van der Waals surface area contributed by atoms with E-state index in [2.05, 4.69) is 17.4 Å². The number of para-hydroxylation sites is 2. The van der Waals surface area contributed by atoms with Gasteiger partial charge in [0.25, 0.3) is 5.69 Å². The third-order valence-corrected chi connectivity index (χ3v) is 5.33. The average Bonchev–Trinajstić information content (AvgIpc) is 2.92. The first-order chi connectivity index (χ1) is 14.2. The lowest BCUT2D eigenvalue weighted by Gasteiger charge is -2.09. The highest BCUT2D eigenvalue weighted by atomic mass is 16.6. The Morgan fingerprint density at radius 2 is 1.93 bits per heavy atom. The Labute approximate surface area is 169 Å². The zero-order valence-electron chi connectivity index (χ0n) is 16.4. The first kappa shape index (κ1) is 19.0. The van der Waals surface area contributed by atoms with E-state index in [-0.39, 0.29) is 10.6 Å². The molecule has 4 rings (SSSR count). The van der Waals surface area contributed by atoms with Crippen LogP contribution in [0.1, 0.15) is 29.7 Å². The molecule has 7 nitrogen and oxygen atoms in total. The Hall–Kier alpha value is -3.35. The largest absolute Gasteiger partial charge is 0.497 e. The fraction of sp³-hybridized carbons (Fsp3) is 0.318. The van der Waals surface area contributed by atoms with Crippen molar-refractivity contribution in [1.82, 2.24) is 9.78 Å². The Bertz CT molecular complexity index is 1010. The maximum Gasteiger partial charge on any atom is 0.294 e. The molecule has 0 bridgehead atoms. The number of aryl methyl sites for hydroxylation is 2. The number of aromatic nitrogens is 2. The zero-order valence-corrected chi connectivity index (χ0v) is 16.4. The molecule has 3 aromatic rings. The number of hydrogen-bond acceptors (Lipinski definition) is 5. The minimum atomic E-state index is -0.350. The SMILES string of the molecule is COc1ccc(CCc2nn(-c3ccccc3[N+](=O)[O-])c3c2CCCCN3)cc1. The van der Waals surface area contributed by atoms with Gasteiger partial charge in [-0.1, -0.05) is 24.3 Å². The molecule has 150 valence electrons. The van der Waals surface area contributed by atoms with Crippen molar-refractivity contribution in [2.24, 2.45) is 0 Å². The molecule has 2 aromatic carbocycles. The first-order valence-electron chi connectivity index (χ1n) is 9.88. The summed E-state index contributed by atoms with van der Waals surface area (Å²) in [5.41, 5.74) is 3.95. The second-order valence-corrected chi connectivity index (χ2v) is 7.16. The highest BCUT2D eigenvalue weighted by Crippen LogP contribution is 2.32. The van der Waals surface area contributed by atoms with Crippen LogP contribution in [0.25, 0.3) is 5.69 Å². The molecule has 0 spiro atoms. The van der Waals surface area contributed by atoms with Crippen LogP contribution in [-0.4, -0.2) is 28.4 Å². The van der Waals surface area contributed by atoms with Crippen LogP contribution in [0.4, 0.5) is 11.5 Å². The van der Waals surface area contributed by atoms with E-state index in [4.69, 9.17) is 9.84 Å². The van der Waals surface area contributed by atoms with Gasteiger partial charge in [-0.05, 0) is 55.9 Å². The number of nitrogens with zero attached hydrogens (tertiary/aromatic N) is 3. The van der Waals surface area contributed by atoms with Gasteiger partial charge in [-0.3, -0.25) is 10.1 Å². The summed E-state index contributed by atoms with van der Waals surface area (Å²) in [5, 5.41) is 19.8. The second kappa shape index (κ2) is 8.34. The predicted molar refractivity (Wildman–Crippen MR) is 112 cm³/mol. The molecule has 0 atom stereocenters. The second-order valence-electron chi connectivity index (χ2n) is 7.16. The van der Waals surface area contributed by atoms with Crippen LogP contribution in [0.15, 0.2) is 48.5 Å². The van der Waals surface area contributed by atoms with Gasteiger partial charge in [-0.25, -0.2) is 4.68 Å². The topological polar surface area (TPSA) is 82.2 Å². The fourth-order valence-electron chi connectivity index (χ4n) is 3.80. The maximum atomic E-state index is 11.5. The normalized spacial score (nSPS) is 13.3. The van der Waals surface area contributed by atoms with Crippen LogP contribution in [0.2, 0.25) is 0 Å². The number of nitrogens with one attached hydrogen (secondary N) is 1. The van der Waals surface area contributed by atoms with Crippen LogP contribution in [0.5, 0.6) is 5.75 Å². The summed E-state index contributed by atoms with van der Waals surface area (Å²) in [6.07, 6.45) is 4.72. The van der Waals surface area contributed by atoms with Crippen LogP contribution in [0, 0.1) is 10.1 Å². The maximum absolute atomic E-state index is 11.5. The van der Waals surface area contributed by atoms with E-state index in [1.165, 1.54) is 17.2 Å². The van der Waals surface area contributed by atoms with Gasteiger partial charge in [0.2, 0.25) is 0 Å². The summed E-state index contributed by atoms with van der Waals surface area (Å²) in [4.78, 5) is 11.2. The number of nitro benzene ring substituents is 1. The molecule has 0 saturated carbocycles. The predicted octanol–water partition coefficient (Wildman–Crippen LogP) is 4.32. The molecule has 1 aliphatic heterocycles. The molecule has 0 saturated heterocycles. The molecule has 1 aliphatic rings. The van der Waals surface area contributed by atoms with Gasteiger partial charge in [0.05, 0.1) is 17.7 Å². The van der Waals surface area contributed by atoms with Gasteiger partial charge < -0.3 is 10.1 Å². The summed E-state index contributed by atoms with van der Waals surface area (Å²) in [5.74, 6) is 1.73. The van der Waals surface area contributed by atoms with E-state index in [9.17, 15) is 10.1 Å². The summed E-state index contributed by atoms with van der Waals surface area (Å²) >= 11 is 0. The summed E-state index contributed by atoms with van der Waals surface area (Å²) in [6.45, 7) is 0.844. The molecule has 2 heterocycles. The average molecular weight is 392 g/mol. The third kappa shape index (κ3) is 3.94. The first-order valence-corrected chi connectivity index (χ1v) is 9.88. The van der Waals surface area contributed by atoms with E-state index in [0.717, 1.165) is 55.9 Å². The number of benzene rings is 2. The molecule has 0 radical (unpaired) electrons. The lowest BCUT2D eigenvalue weighted by molar-refractivity contribution is -0.384. The van der Waals surface area contributed by atoms with Crippen molar-refractivity contribution >= 4 is 11.5 Å². The number of methoxy groups -OCH3 is 1. The van der Waals surface area contributed by atoms with Gasteiger partial charge in [0, 0.05) is 18.2 Å². The monoisotopic (exact) mass is 392 g/mol. The van der Waals surface area contributed by atoms with Crippen molar-refractivity contribution in [2.75, 3.05) is 19.0 Å². The quantitative estimate of drug-likeness (QED) is 0.499. The molecule has 1 aromatic heterocycles. The number of hydrogen-bond donors (Lipinski definition) is 1. The van der Waals surface area contributed by atoms with Gasteiger partial charge in [-0.2, -0.15) is 5.10 Å². The number of ether oxygens (including phenoxy) is 1. The van der Waals surface area contributed by atoms with E-state index < -0.39 is 0 Å². The molecular weight excluding hydrogens is 368 g/mol. The molecular formula is C22H24N4O3. The number of rotatable bonds is 6. The number of nitro groups is 1. The Morgan fingerprint density at radius 3 is 2.69 bits per heavy atom.